The van der Waals surface area contributed by atoms with E-state index in [9.17, 15) is 9.90 Å². The zero-order valence-electron chi connectivity index (χ0n) is 10.9. The molecule has 0 aliphatic rings. The summed E-state index contributed by atoms with van der Waals surface area (Å²) in [6.45, 7) is 3.77. The Labute approximate surface area is 111 Å². The lowest BCUT2D eigenvalue weighted by Crippen LogP contribution is -2.13. The second kappa shape index (κ2) is 5.02. The summed E-state index contributed by atoms with van der Waals surface area (Å²) in [5, 5.41) is 12.4. The lowest BCUT2D eigenvalue weighted by molar-refractivity contribution is 0.102. The molecule has 0 unspecified atom stereocenters. The number of nitrogens with one attached hydrogen (secondary N) is 1. The summed E-state index contributed by atoms with van der Waals surface area (Å²) in [6.07, 6.45) is 0. The van der Waals surface area contributed by atoms with Crippen LogP contribution < -0.4 is 11.1 Å². The summed E-state index contributed by atoms with van der Waals surface area (Å²) in [5.41, 5.74) is 8.98. The number of amides is 1. The first kappa shape index (κ1) is 13.0. The number of anilines is 2. The molecule has 4 heteroatoms. The highest BCUT2D eigenvalue weighted by molar-refractivity contribution is 6.07. The van der Waals surface area contributed by atoms with Gasteiger partial charge in [0.15, 0.2) is 0 Å². The third kappa shape index (κ3) is 2.85. The van der Waals surface area contributed by atoms with Crippen molar-refractivity contribution in [2.45, 2.75) is 13.8 Å². The van der Waals surface area contributed by atoms with Gasteiger partial charge in [-0.25, -0.2) is 0 Å². The first-order valence-electron chi connectivity index (χ1n) is 5.94. The number of carbonyl (C=O) groups excluding carboxylic acids is 1. The van der Waals surface area contributed by atoms with E-state index in [4.69, 9.17) is 5.73 Å². The number of phenols is 1. The topological polar surface area (TPSA) is 75.3 Å². The van der Waals surface area contributed by atoms with Crippen molar-refractivity contribution in [1.82, 2.24) is 0 Å². The number of carbonyl (C=O) groups is 1. The van der Waals surface area contributed by atoms with E-state index < -0.39 is 0 Å². The van der Waals surface area contributed by atoms with Crippen LogP contribution in [0.25, 0.3) is 0 Å². The minimum absolute atomic E-state index is 0.0469. The van der Waals surface area contributed by atoms with E-state index >= 15 is 0 Å². The first-order chi connectivity index (χ1) is 8.97. The summed E-state index contributed by atoms with van der Waals surface area (Å²) >= 11 is 0. The second-order valence-electron chi connectivity index (χ2n) is 4.57. The fourth-order valence-electron chi connectivity index (χ4n) is 1.80. The van der Waals surface area contributed by atoms with Gasteiger partial charge in [-0.1, -0.05) is 17.7 Å². The van der Waals surface area contributed by atoms with Gasteiger partial charge in [0.2, 0.25) is 0 Å². The van der Waals surface area contributed by atoms with Crippen molar-refractivity contribution in [1.29, 1.82) is 0 Å². The van der Waals surface area contributed by atoms with Gasteiger partial charge in [-0.05, 0) is 43.7 Å². The number of rotatable bonds is 2. The minimum atomic E-state index is -0.376. The molecule has 2 aromatic carbocycles. The third-order valence-corrected chi connectivity index (χ3v) is 2.85. The van der Waals surface area contributed by atoms with Gasteiger partial charge in [-0.15, -0.1) is 0 Å². The zero-order valence-corrected chi connectivity index (χ0v) is 10.9. The Balaban J connectivity index is 2.30. The van der Waals surface area contributed by atoms with Crippen LogP contribution in [0.3, 0.4) is 0 Å². The number of aryl methyl sites for hydroxylation is 2. The number of hydrogen-bond donors (Lipinski definition) is 3. The lowest BCUT2D eigenvalue weighted by Gasteiger charge is -2.10. The predicted octanol–water partition coefficient (Wildman–Crippen LogP) is 2.84. The van der Waals surface area contributed by atoms with Gasteiger partial charge >= 0.3 is 0 Å². The van der Waals surface area contributed by atoms with Gasteiger partial charge in [0, 0.05) is 0 Å². The molecule has 4 N–H and O–H groups in total. The van der Waals surface area contributed by atoms with Crippen LogP contribution >= 0.6 is 0 Å². The maximum absolute atomic E-state index is 12.1. The Morgan fingerprint density at radius 2 is 1.74 bits per heavy atom. The number of aromatic hydroxyl groups is 1. The van der Waals surface area contributed by atoms with Crippen molar-refractivity contribution in [2.24, 2.45) is 0 Å². The van der Waals surface area contributed by atoms with Crippen LogP contribution in [-0.2, 0) is 0 Å². The highest BCUT2D eigenvalue weighted by atomic mass is 16.3. The molecule has 0 saturated carbocycles. The maximum Gasteiger partial charge on any atom is 0.259 e. The Hall–Kier alpha value is -2.49. The molecule has 19 heavy (non-hydrogen) atoms. The molecule has 0 aliphatic carbocycles. The highest BCUT2D eigenvalue weighted by Crippen LogP contribution is 2.23. The number of nitrogens with two attached hydrogens (primary N) is 1. The Morgan fingerprint density at radius 1 is 1.11 bits per heavy atom. The van der Waals surface area contributed by atoms with Gasteiger partial charge in [0.25, 0.3) is 5.91 Å². The Kier molecular flexibility index (Phi) is 3.42. The van der Waals surface area contributed by atoms with Crippen molar-refractivity contribution in [2.75, 3.05) is 11.1 Å². The van der Waals surface area contributed by atoms with E-state index in [1.54, 1.807) is 24.3 Å². The summed E-state index contributed by atoms with van der Waals surface area (Å²) in [5.74, 6) is -0.423. The number of nitrogen functional groups attached to an aromatic ring is 1. The molecule has 0 spiro atoms. The molecular weight excluding hydrogens is 240 g/mol. The molecule has 2 rings (SSSR count). The highest BCUT2D eigenvalue weighted by Gasteiger charge is 2.12. The van der Waals surface area contributed by atoms with E-state index in [-0.39, 0.29) is 17.2 Å². The molecule has 4 nitrogen and oxygen atoms in total. The summed E-state index contributed by atoms with van der Waals surface area (Å²) in [4.78, 5) is 12.1. The predicted molar refractivity (Wildman–Crippen MR) is 76.4 cm³/mol. The molecule has 0 saturated heterocycles. The van der Waals surface area contributed by atoms with Crippen LogP contribution in [0.5, 0.6) is 5.75 Å². The Bertz CT molecular complexity index is 636. The molecule has 2 aromatic rings. The van der Waals surface area contributed by atoms with E-state index in [2.05, 4.69) is 5.32 Å². The number of hydrogen-bond acceptors (Lipinski definition) is 3. The van der Waals surface area contributed by atoms with Crippen molar-refractivity contribution in [3.8, 4) is 5.75 Å². The van der Waals surface area contributed by atoms with Crippen molar-refractivity contribution < 1.29 is 9.90 Å². The molecule has 0 aliphatic heterocycles. The molecule has 0 atom stereocenters. The lowest BCUT2D eigenvalue weighted by atomic mass is 10.1. The minimum Gasteiger partial charge on any atom is -0.507 e. The fraction of sp³-hybridized carbons (Fsp3) is 0.133. The van der Waals surface area contributed by atoms with Crippen LogP contribution in [0, 0.1) is 13.8 Å². The first-order valence-corrected chi connectivity index (χ1v) is 5.94. The fourth-order valence-corrected chi connectivity index (χ4v) is 1.80. The van der Waals surface area contributed by atoms with Gasteiger partial charge in [-0.3, -0.25) is 4.79 Å². The van der Waals surface area contributed by atoms with Crippen LogP contribution in [0.2, 0.25) is 0 Å². The van der Waals surface area contributed by atoms with Crippen molar-refractivity contribution in [3.63, 3.8) is 0 Å². The van der Waals surface area contributed by atoms with Crippen LogP contribution in [0.4, 0.5) is 11.4 Å². The molecule has 1 amide bonds. The quantitative estimate of drug-likeness (QED) is 0.723. The SMILES string of the molecule is Cc1ccc(N)c(NC(=O)c2cc(C)ccc2O)c1. The average molecular weight is 256 g/mol. The molecular formula is C15H16N2O2. The number of benzene rings is 2. The Morgan fingerprint density at radius 3 is 2.47 bits per heavy atom. The van der Waals surface area contributed by atoms with E-state index in [1.165, 1.54) is 6.07 Å². The average Bonchev–Trinajstić information content (AvgIpc) is 2.36. The van der Waals surface area contributed by atoms with E-state index in [0.29, 0.717) is 11.4 Å². The standard InChI is InChI=1S/C15H16N2O2/c1-9-4-6-14(18)11(7-9)15(19)17-13-8-10(2)3-5-12(13)16/h3-8,18H,16H2,1-2H3,(H,17,19). The zero-order chi connectivity index (χ0) is 14.0. The number of phenolic OH excluding ortho intramolecular Hbond substituents is 1. The molecule has 0 radical (unpaired) electrons. The summed E-state index contributed by atoms with van der Waals surface area (Å²) in [7, 11) is 0. The van der Waals surface area contributed by atoms with Crippen LogP contribution in [0.1, 0.15) is 21.5 Å². The van der Waals surface area contributed by atoms with Crippen LogP contribution in [0.15, 0.2) is 36.4 Å². The molecule has 0 heterocycles. The summed E-state index contributed by atoms with van der Waals surface area (Å²) < 4.78 is 0. The largest absolute Gasteiger partial charge is 0.507 e. The molecule has 0 aromatic heterocycles. The molecule has 0 bridgehead atoms. The second-order valence-corrected chi connectivity index (χ2v) is 4.57. The smallest absolute Gasteiger partial charge is 0.259 e. The maximum atomic E-state index is 12.1. The van der Waals surface area contributed by atoms with Gasteiger partial charge in [0.1, 0.15) is 5.75 Å². The molecule has 98 valence electrons. The van der Waals surface area contributed by atoms with Crippen molar-refractivity contribution >= 4 is 17.3 Å². The van der Waals surface area contributed by atoms with E-state index in [0.717, 1.165) is 11.1 Å². The van der Waals surface area contributed by atoms with Gasteiger partial charge in [0.05, 0.1) is 16.9 Å². The normalized spacial score (nSPS) is 10.2. The van der Waals surface area contributed by atoms with Crippen molar-refractivity contribution in [3.05, 3.63) is 53.1 Å². The van der Waals surface area contributed by atoms with Gasteiger partial charge in [-0.2, -0.15) is 0 Å². The van der Waals surface area contributed by atoms with Crippen LogP contribution in [-0.4, -0.2) is 11.0 Å². The third-order valence-electron chi connectivity index (χ3n) is 2.85. The monoisotopic (exact) mass is 256 g/mol. The van der Waals surface area contributed by atoms with E-state index in [1.807, 2.05) is 19.9 Å². The molecule has 0 fully saturated rings. The van der Waals surface area contributed by atoms with Gasteiger partial charge < -0.3 is 16.2 Å². The summed E-state index contributed by atoms with van der Waals surface area (Å²) in [6, 6.07) is 10.3.